The monoisotopic (exact) mass is 972 g/mol. The average Bonchev–Trinajstić information content (AvgIpc) is 4.04. The van der Waals surface area contributed by atoms with Gasteiger partial charge in [-0.05, 0) is 150 Å². The first-order chi connectivity index (χ1) is 36.7. The highest BCUT2D eigenvalue weighted by Gasteiger charge is 2.30. The number of rotatable bonds is 9. The molecule has 0 spiro atoms. The number of aromatic nitrogens is 3. The molecule has 8 aromatic carbocycles. The smallest absolute Gasteiger partial charge is 0.149 e. The van der Waals surface area contributed by atoms with Crippen molar-refractivity contribution < 1.29 is 10.6 Å². The minimum absolute atomic E-state index is 0.115. The van der Waals surface area contributed by atoms with Gasteiger partial charge in [0.15, 0.2) is 0 Å². The van der Waals surface area contributed by atoms with E-state index >= 15 is 0 Å². The van der Waals surface area contributed by atoms with Crippen molar-refractivity contribution in [3.8, 4) is 89.7 Å². The van der Waals surface area contributed by atoms with E-state index < -0.39 is 18.2 Å². The topological polar surface area (TPSA) is 50.9 Å². The summed E-state index contributed by atoms with van der Waals surface area (Å²) in [6.07, 6.45) is 1.86. The first kappa shape index (κ1) is 44.8. The summed E-state index contributed by atoms with van der Waals surface area (Å²) in [4.78, 5) is 10.7. The second-order valence-electron chi connectivity index (χ2n) is 23.1. The van der Waals surface area contributed by atoms with Crippen molar-refractivity contribution in [2.75, 3.05) is 0 Å². The Hall–Kier alpha value is -7.82. The zero-order chi connectivity index (χ0) is 55.7. The predicted octanol–water partition coefficient (Wildman–Crippen LogP) is 19.1. The van der Waals surface area contributed by atoms with E-state index in [1.807, 2.05) is 86.8 Å². The molecule has 0 aliphatic rings. The van der Waals surface area contributed by atoms with Gasteiger partial charge in [0.2, 0.25) is 0 Å². The molecule has 10 rings (SSSR count). The molecular formula is C70H69N3O. The summed E-state index contributed by atoms with van der Waals surface area (Å²) in [6.45, 7) is 20.8. The normalized spacial score (nSPS) is 13.3. The van der Waals surface area contributed by atoms with Crippen LogP contribution in [0.15, 0.2) is 188 Å². The Morgan fingerprint density at radius 1 is 0.486 bits per heavy atom. The fourth-order valence-electron chi connectivity index (χ4n) is 10.1. The molecule has 0 saturated heterocycles. The van der Waals surface area contributed by atoms with Crippen LogP contribution in [-0.2, 0) is 16.2 Å². The minimum Gasteiger partial charge on any atom is -0.507 e. The zero-order valence-electron chi connectivity index (χ0n) is 48.7. The Kier molecular flexibility index (Phi) is 11.6. The third-order valence-electron chi connectivity index (χ3n) is 14.4. The lowest BCUT2D eigenvalue weighted by Gasteiger charge is -2.28. The molecule has 4 nitrogen and oxygen atoms in total. The van der Waals surface area contributed by atoms with Crippen molar-refractivity contribution in [2.24, 2.45) is 0 Å². The number of imidazole rings is 1. The number of para-hydroxylation sites is 1. The summed E-state index contributed by atoms with van der Waals surface area (Å²) in [5.74, 6) is -0.0457. The van der Waals surface area contributed by atoms with Crippen molar-refractivity contribution in [1.82, 2.24) is 14.5 Å². The van der Waals surface area contributed by atoms with Crippen molar-refractivity contribution in [3.63, 3.8) is 0 Å². The van der Waals surface area contributed by atoms with Crippen molar-refractivity contribution in [2.45, 2.75) is 105 Å². The number of aryl methyl sites for hydroxylation is 1. The molecular weight excluding hydrogens is 899 g/mol. The molecule has 0 atom stereocenters. The van der Waals surface area contributed by atoms with Crippen molar-refractivity contribution in [1.29, 1.82) is 0 Å². The highest BCUT2D eigenvalue weighted by molar-refractivity contribution is 5.99. The second-order valence-corrected chi connectivity index (χ2v) is 23.1. The molecule has 0 amide bonds. The fraction of sp³-hybridized carbons (Fsp3) is 0.229. The first-order valence-corrected chi connectivity index (χ1v) is 25.8. The van der Waals surface area contributed by atoms with Gasteiger partial charge in [-0.15, -0.1) is 0 Å². The number of phenolic OH excluding ortho intramolecular Hbond substituents is 1. The van der Waals surface area contributed by atoms with E-state index in [-0.39, 0.29) is 22.1 Å². The highest BCUT2D eigenvalue weighted by atomic mass is 16.3. The van der Waals surface area contributed by atoms with E-state index in [1.54, 1.807) is 0 Å². The van der Waals surface area contributed by atoms with E-state index in [0.29, 0.717) is 28.0 Å². The van der Waals surface area contributed by atoms with Crippen molar-refractivity contribution in [3.05, 3.63) is 216 Å². The van der Waals surface area contributed by atoms with E-state index in [9.17, 15) is 5.11 Å². The van der Waals surface area contributed by atoms with Gasteiger partial charge in [-0.2, -0.15) is 0 Å². The Morgan fingerprint density at radius 2 is 1.09 bits per heavy atom. The molecule has 1 N–H and O–H groups in total. The summed E-state index contributed by atoms with van der Waals surface area (Å²) in [5.41, 5.74) is 16.7. The molecule has 0 bridgehead atoms. The maximum atomic E-state index is 12.9. The molecule has 2 heterocycles. The Morgan fingerprint density at radius 3 is 1.73 bits per heavy atom. The van der Waals surface area contributed by atoms with Crippen LogP contribution < -0.4 is 0 Å². The van der Waals surface area contributed by atoms with Crippen LogP contribution in [0.4, 0.5) is 0 Å². The van der Waals surface area contributed by atoms with Gasteiger partial charge in [-0.1, -0.05) is 204 Å². The lowest BCUT2D eigenvalue weighted by atomic mass is 9.79. The maximum Gasteiger partial charge on any atom is 0.149 e. The number of pyridine rings is 1. The zero-order valence-corrected chi connectivity index (χ0v) is 44.7. The van der Waals surface area contributed by atoms with Crippen LogP contribution in [0.5, 0.6) is 5.75 Å². The van der Waals surface area contributed by atoms with E-state index in [2.05, 4.69) is 182 Å². The van der Waals surface area contributed by atoms with Gasteiger partial charge >= 0.3 is 0 Å². The van der Waals surface area contributed by atoms with Crippen LogP contribution in [0.2, 0.25) is 0 Å². The minimum atomic E-state index is -2.46. The Balaban J connectivity index is 1.31. The van der Waals surface area contributed by atoms with Gasteiger partial charge < -0.3 is 5.11 Å². The molecule has 10 aromatic rings. The van der Waals surface area contributed by atoms with Crippen LogP contribution in [0.25, 0.3) is 95.0 Å². The lowest BCUT2D eigenvalue weighted by molar-refractivity contribution is 0.446. The lowest BCUT2D eigenvalue weighted by Crippen LogP contribution is -2.17. The molecule has 0 unspecified atom stereocenters. The summed E-state index contributed by atoms with van der Waals surface area (Å²) < 4.78 is 37.8. The SMILES string of the molecule is [2H]C([2H])([2H])c1cc(-c2ccc(C(C)(C)C)cc2)c(-n2c(-c3cc(C(C)(C)C)cc(C(C)(C)C)c3O)nc3c(-c4cc(-c5ccccc5)cc(-c5cc(-c6ccc(C([2H])(C)C)cc6)ccn5)c4)cccc32)cc1-c1ccccc1. The summed E-state index contributed by atoms with van der Waals surface area (Å²) in [6, 6.07) is 61.9. The predicted molar refractivity (Wildman–Crippen MR) is 314 cm³/mol. The standard InChI is InChI=1S/C70H69N3O/c1-44(2)46-26-28-48(29-27-46)51-34-35-71-62(40-51)54-38-52(47-20-15-13-16-21-47)37-53(39-54)57-24-19-25-63-65(57)72-67(60-41-56(69(7,8)9)42-61(66(60)74)70(10,11)12)73(63)64-43-58(49-22-17-14-18-23-49)45(3)36-59(64)50-30-32-55(33-31-50)68(4,5)6/h13-44,74H,1-12H3/i3D3,44D. The van der Waals surface area contributed by atoms with Crippen LogP contribution >= 0.6 is 0 Å². The van der Waals surface area contributed by atoms with E-state index in [4.69, 9.17) is 15.5 Å². The quantitative estimate of drug-likeness (QED) is 0.157. The molecule has 370 valence electrons. The molecule has 4 heteroatoms. The van der Waals surface area contributed by atoms with Gasteiger partial charge in [0.25, 0.3) is 0 Å². The van der Waals surface area contributed by atoms with Gasteiger partial charge in [0.05, 0.1) is 28.0 Å². The highest BCUT2D eigenvalue weighted by Crippen LogP contribution is 2.47. The fourth-order valence-corrected chi connectivity index (χ4v) is 10.1. The van der Waals surface area contributed by atoms with Gasteiger partial charge in [-0.25, -0.2) is 4.98 Å². The van der Waals surface area contributed by atoms with Gasteiger partial charge in [-0.3, -0.25) is 9.55 Å². The molecule has 2 aromatic heterocycles. The number of phenols is 1. The number of fused-ring (bicyclic) bond motifs is 1. The number of benzene rings is 8. The third kappa shape index (κ3) is 9.74. The van der Waals surface area contributed by atoms with Crippen molar-refractivity contribution >= 4 is 11.0 Å². The summed E-state index contributed by atoms with van der Waals surface area (Å²) in [7, 11) is 0. The second kappa shape index (κ2) is 19.2. The van der Waals surface area contributed by atoms with E-state index in [0.717, 1.165) is 89.2 Å². The third-order valence-corrected chi connectivity index (χ3v) is 14.4. The maximum absolute atomic E-state index is 12.9. The van der Waals surface area contributed by atoms with Gasteiger partial charge in [0, 0.05) is 33.9 Å². The largest absolute Gasteiger partial charge is 0.507 e. The van der Waals surface area contributed by atoms with Crippen LogP contribution in [0, 0.1) is 6.85 Å². The molecule has 0 aliphatic heterocycles. The summed E-state index contributed by atoms with van der Waals surface area (Å²) in [5, 5.41) is 12.9. The number of aromatic hydroxyl groups is 1. The molecule has 0 fully saturated rings. The number of hydrogen-bond donors (Lipinski definition) is 1. The molecule has 0 aliphatic carbocycles. The first-order valence-electron chi connectivity index (χ1n) is 27.8. The van der Waals surface area contributed by atoms with Crippen LogP contribution in [0.1, 0.15) is 115 Å². The Labute approximate surface area is 445 Å². The summed E-state index contributed by atoms with van der Waals surface area (Å²) >= 11 is 0. The molecule has 74 heavy (non-hydrogen) atoms. The van der Waals surface area contributed by atoms with Crippen LogP contribution in [0.3, 0.4) is 0 Å². The Bertz CT molecular complexity index is 3850. The molecule has 0 radical (unpaired) electrons. The van der Waals surface area contributed by atoms with E-state index in [1.165, 1.54) is 0 Å². The molecule has 0 saturated carbocycles. The van der Waals surface area contributed by atoms with Crippen LogP contribution in [-0.4, -0.2) is 19.6 Å². The average molecular weight is 972 g/mol. The number of hydrogen-bond acceptors (Lipinski definition) is 3. The van der Waals surface area contributed by atoms with Gasteiger partial charge in [0.1, 0.15) is 11.6 Å². The number of nitrogens with zero attached hydrogens (tertiary/aromatic N) is 3.